The van der Waals surface area contributed by atoms with Gasteiger partial charge in [0.15, 0.2) is 6.29 Å². The molecule has 0 saturated carbocycles. The van der Waals surface area contributed by atoms with E-state index in [0.29, 0.717) is 6.42 Å². The van der Waals surface area contributed by atoms with Gasteiger partial charge in [0.2, 0.25) is 0 Å². The Morgan fingerprint density at radius 2 is 1.89 bits per heavy atom. The molecule has 0 bridgehead atoms. The maximum Gasteiger partial charge on any atom is 0.307 e. The fourth-order valence-corrected chi connectivity index (χ4v) is 2.08. The number of carboxylic acid groups (broad SMARTS) is 1. The van der Waals surface area contributed by atoms with Crippen molar-refractivity contribution in [2.24, 2.45) is 5.92 Å². The molecule has 0 fully saturated rings. The number of hydrogen-bond donors (Lipinski definition) is 1. The molecule has 1 N–H and O–H groups in total. The van der Waals surface area contributed by atoms with Crippen LogP contribution in [0.25, 0.3) is 10.8 Å². The third kappa shape index (κ3) is 2.56. The smallest absolute Gasteiger partial charge is 0.307 e. The highest BCUT2D eigenvalue weighted by Gasteiger charge is 2.18. The van der Waals surface area contributed by atoms with Crippen LogP contribution in [-0.4, -0.2) is 17.4 Å². The van der Waals surface area contributed by atoms with Gasteiger partial charge in [-0.15, -0.1) is 0 Å². The number of benzene rings is 2. The SMILES string of the molecule is O=[C]CC(Cc1cccc2ccccc12)C(=O)O. The monoisotopic (exact) mass is 241 g/mol. The van der Waals surface area contributed by atoms with Crippen molar-refractivity contribution in [3.8, 4) is 0 Å². The van der Waals surface area contributed by atoms with Gasteiger partial charge in [-0.25, -0.2) is 0 Å². The average molecular weight is 241 g/mol. The molecule has 18 heavy (non-hydrogen) atoms. The Balaban J connectivity index is 2.36. The normalized spacial score (nSPS) is 12.2. The van der Waals surface area contributed by atoms with E-state index in [4.69, 9.17) is 5.11 Å². The molecule has 2 aromatic carbocycles. The van der Waals surface area contributed by atoms with Crippen LogP contribution < -0.4 is 0 Å². The Hall–Kier alpha value is -2.16. The molecule has 2 aromatic rings. The minimum absolute atomic E-state index is 0.0709. The molecule has 1 unspecified atom stereocenters. The Morgan fingerprint density at radius 1 is 1.17 bits per heavy atom. The van der Waals surface area contributed by atoms with Crippen molar-refractivity contribution in [2.45, 2.75) is 12.8 Å². The van der Waals surface area contributed by atoms with Crippen LogP contribution in [0, 0.1) is 5.92 Å². The average Bonchev–Trinajstić information content (AvgIpc) is 2.38. The topological polar surface area (TPSA) is 54.4 Å². The second kappa shape index (κ2) is 5.45. The van der Waals surface area contributed by atoms with Gasteiger partial charge in [-0.3, -0.25) is 9.59 Å². The van der Waals surface area contributed by atoms with Crippen LogP contribution >= 0.6 is 0 Å². The standard InChI is InChI=1S/C15H13O3/c16-9-8-13(15(17)18)10-12-6-3-5-11-4-1-2-7-14(11)12/h1-7,13H,8,10H2,(H,17,18). The summed E-state index contributed by atoms with van der Waals surface area (Å²) >= 11 is 0. The molecule has 0 amide bonds. The van der Waals surface area contributed by atoms with E-state index < -0.39 is 11.9 Å². The van der Waals surface area contributed by atoms with Gasteiger partial charge in [-0.1, -0.05) is 42.5 Å². The van der Waals surface area contributed by atoms with Gasteiger partial charge < -0.3 is 5.11 Å². The van der Waals surface area contributed by atoms with E-state index in [2.05, 4.69) is 0 Å². The van der Waals surface area contributed by atoms with Crippen LogP contribution in [0.4, 0.5) is 0 Å². The van der Waals surface area contributed by atoms with E-state index in [0.717, 1.165) is 16.3 Å². The van der Waals surface area contributed by atoms with Crippen molar-refractivity contribution >= 4 is 23.0 Å². The highest BCUT2D eigenvalue weighted by atomic mass is 16.4. The first kappa shape index (κ1) is 12.3. The molecule has 1 atom stereocenters. The van der Waals surface area contributed by atoms with E-state index in [1.165, 1.54) is 0 Å². The molecule has 0 spiro atoms. The quantitative estimate of drug-likeness (QED) is 0.875. The lowest BCUT2D eigenvalue weighted by molar-refractivity contribution is -0.141. The van der Waals surface area contributed by atoms with Crippen molar-refractivity contribution in [1.82, 2.24) is 0 Å². The largest absolute Gasteiger partial charge is 0.481 e. The maximum absolute atomic E-state index is 11.1. The number of rotatable bonds is 5. The van der Waals surface area contributed by atoms with Crippen molar-refractivity contribution in [2.75, 3.05) is 0 Å². The van der Waals surface area contributed by atoms with Crippen molar-refractivity contribution in [3.63, 3.8) is 0 Å². The molecule has 0 aromatic heterocycles. The highest BCUT2D eigenvalue weighted by molar-refractivity contribution is 5.86. The molecule has 3 nitrogen and oxygen atoms in total. The summed E-state index contributed by atoms with van der Waals surface area (Å²) in [7, 11) is 0. The van der Waals surface area contributed by atoms with Crippen LogP contribution in [0.15, 0.2) is 42.5 Å². The van der Waals surface area contributed by atoms with Gasteiger partial charge in [0.05, 0.1) is 5.92 Å². The first-order valence-electron chi connectivity index (χ1n) is 5.77. The van der Waals surface area contributed by atoms with Crippen LogP contribution in [0.1, 0.15) is 12.0 Å². The van der Waals surface area contributed by atoms with Gasteiger partial charge in [-0.2, -0.15) is 0 Å². The van der Waals surface area contributed by atoms with Gasteiger partial charge in [-0.05, 0) is 22.8 Å². The zero-order valence-electron chi connectivity index (χ0n) is 9.80. The fourth-order valence-electron chi connectivity index (χ4n) is 2.08. The van der Waals surface area contributed by atoms with Crippen molar-refractivity contribution < 1.29 is 14.7 Å². The second-order valence-electron chi connectivity index (χ2n) is 4.23. The number of aliphatic carboxylic acids is 1. The number of carboxylic acids is 1. The van der Waals surface area contributed by atoms with E-state index in [1.807, 2.05) is 42.5 Å². The van der Waals surface area contributed by atoms with Gasteiger partial charge >= 0.3 is 5.97 Å². The lowest BCUT2D eigenvalue weighted by atomic mass is 9.93. The van der Waals surface area contributed by atoms with Crippen molar-refractivity contribution in [3.05, 3.63) is 48.0 Å². The Morgan fingerprint density at radius 3 is 2.61 bits per heavy atom. The second-order valence-corrected chi connectivity index (χ2v) is 4.23. The molecule has 0 aliphatic carbocycles. The summed E-state index contributed by atoms with van der Waals surface area (Å²) in [5, 5.41) is 11.2. The van der Waals surface area contributed by atoms with Crippen LogP contribution in [-0.2, 0) is 16.0 Å². The van der Waals surface area contributed by atoms with E-state index in [-0.39, 0.29) is 6.42 Å². The highest BCUT2D eigenvalue weighted by Crippen LogP contribution is 2.22. The van der Waals surface area contributed by atoms with Gasteiger partial charge in [0, 0.05) is 6.42 Å². The predicted octanol–water partition coefficient (Wildman–Crippen LogP) is 2.58. The molecule has 3 heteroatoms. The van der Waals surface area contributed by atoms with E-state index in [9.17, 15) is 9.59 Å². The molecule has 2 rings (SSSR count). The third-order valence-electron chi connectivity index (χ3n) is 3.03. The molecule has 0 aliphatic heterocycles. The van der Waals surface area contributed by atoms with Crippen molar-refractivity contribution in [1.29, 1.82) is 0 Å². The summed E-state index contributed by atoms with van der Waals surface area (Å²) in [6, 6.07) is 13.6. The first-order chi connectivity index (χ1) is 8.72. The molecule has 0 heterocycles. The third-order valence-corrected chi connectivity index (χ3v) is 3.03. The van der Waals surface area contributed by atoms with Crippen LogP contribution in [0.5, 0.6) is 0 Å². The molecular weight excluding hydrogens is 228 g/mol. The number of carbonyl (C=O) groups excluding carboxylic acids is 1. The van der Waals surface area contributed by atoms with Crippen LogP contribution in [0.2, 0.25) is 0 Å². The summed E-state index contributed by atoms with van der Waals surface area (Å²) in [6.45, 7) is 0. The minimum atomic E-state index is -0.953. The van der Waals surface area contributed by atoms with Crippen LogP contribution in [0.3, 0.4) is 0 Å². The summed E-state index contributed by atoms with van der Waals surface area (Å²) in [5.41, 5.74) is 0.954. The van der Waals surface area contributed by atoms with E-state index in [1.54, 1.807) is 6.29 Å². The zero-order valence-corrected chi connectivity index (χ0v) is 9.80. The lowest BCUT2D eigenvalue weighted by Gasteiger charge is -2.11. The summed E-state index contributed by atoms with van der Waals surface area (Å²) in [6.07, 6.45) is 1.97. The Labute approximate surface area is 105 Å². The minimum Gasteiger partial charge on any atom is -0.481 e. The summed E-state index contributed by atoms with van der Waals surface area (Å²) < 4.78 is 0. The molecular formula is C15H13O3. The summed E-state index contributed by atoms with van der Waals surface area (Å²) in [5.74, 6) is -1.65. The van der Waals surface area contributed by atoms with E-state index >= 15 is 0 Å². The van der Waals surface area contributed by atoms with Gasteiger partial charge in [0.1, 0.15) is 0 Å². The number of fused-ring (bicyclic) bond motifs is 1. The molecule has 1 radical (unpaired) electrons. The number of hydrogen-bond acceptors (Lipinski definition) is 2. The fraction of sp³-hybridized carbons (Fsp3) is 0.200. The van der Waals surface area contributed by atoms with Gasteiger partial charge in [0.25, 0.3) is 0 Å². The zero-order chi connectivity index (χ0) is 13.0. The maximum atomic E-state index is 11.1. The predicted molar refractivity (Wildman–Crippen MR) is 69.1 cm³/mol. The Bertz CT molecular complexity index is 569. The lowest BCUT2D eigenvalue weighted by Crippen LogP contribution is -2.17. The molecule has 0 saturated heterocycles. The molecule has 0 aliphatic rings. The summed E-state index contributed by atoms with van der Waals surface area (Å²) in [4.78, 5) is 21.4. The number of carbonyl (C=O) groups is 1. The molecule has 91 valence electrons. The Kier molecular flexibility index (Phi) is 3.72. The first-order valence-corrected chi connectivity index (χ1v) is 5.77.